The molecule has 0 aliphatic carbocycles. The molecule has 0 fully saturated rings. The fourth-order valence-corrected chi connectivity index (χ4v) is 3.88. The number of ketones is 1. The highest BCUT2D eigenvalue weighted by atomic mass is 16.5. The average molecular weight is 473 g/mol. The van der Waals surface area contributed by atoms with Gasteiger partial charge in [0.25, 0.3) is 5.91 Å². The predicted octanol–water partition coefficient (Wildman–Crippen LogP) is 4.50. The zero-order valence-electron chi connectivity index (χ0n) is 19.9. The van der Waals surface area contributed by atoms with Crippen molar-refractivity contribution < 1.29 is 24.2 Å². The van der Waals surface area contributed by atoms with Gasteiger partial charge < -0.3 is 20.1 Å². The van der Waals surface area contributed by atoms with E-state index in [4.69, 9.17) is 9.84 Å². The lowest BCUT2D eigenvalue weighted by Crippen LogP contribution is -2.19. The number of nitrogens with zero attached hydrogens (tertiary/aromatic N) is 1. The minimum Gasteiger partial charge on any atom is -0.481 e. The van der Waals surface area contributed by atoms with Crippen LogP contribution in [0.2, 0.25) is 0 Å². The molecule has 7 heteroatoms. The molecule has 1 heterocycles. The first kappa shape index (κ1) is 25.2. The normalized spacial score (nSPS) is 10.4. The molecule has 7 nitrogen and oxygen atoms in total. The average Bonchev–Trinajstić information content (AvgIpc) is 3.09. The summed E-state index contributed by atoms with van der Waals surface area (Å²) in [4.78, 5) is 30.2. The molecule has 0 radical (unpaired) electrons. The number of nitrogens with two attached hydrogens (primary N) is 1. The number of fused-ring (bicyclic) bond motifs is 1. The zero-order chi connectivity index (χ0) is 25.5. The molecule has 0 atom stereocenters. The third kappa shape index (κ3) is 5.95. The maximum absolute atomic E-state index is 10.9. The number of benzene rings is 3. The van der Waals surface area contributed by atoms with Crippen molar-refractivity contribution in [3.8, 4) is 16.9 Å². The van der Waals surface area contributed by atoms with Gasteiger partial charge in [0.2, 0.25) is 5.78 Å². The summed E-state index contributed by atoms with van der Waals surface area (Å²) < 4.78 is 7.84. The number of ether oxygens (including phenoxy) is 1. The minimum atomic E-state index is -0.979. The van der Waals surface area contributed by atoms with Gasteiger partial charge in [-0.1, -0.05) is 60.7 Å². The van der Waals surface area contributed by atoms with Crippen molar-refractivity contribution in [2.45, 2.75) is 27.3 Å². The van der Waals surface area contributed by atoms with Crippen LogP contribution >= 0.6 is 0 Å². The van der Waals surface area contributed by atoms with Crippen molar-refractivity contribution in [2.75, 3.05) is 6.61 Å². The van der Waals surface area contributed by atoms with Crippen molar-refractivity contribution in [1.29, 1.82) is 0 Å². The molecule has 3 aromatic carbocycles. The summed E-state index contributed by atoms with van der Waals surface area (Å²) >= 11 is 0. The Labute approximate surface area is 203 Å². The van der Waals surface area contributed by atoms with Gasteiger partial charge in [-0.15, -0.1) is 0 Å². The number of hydrogen-bond acceptors (Lipinski definition) is 4. The molecule has 0 aliphatic rings. The Balaban J connectivity index is 0.000000509. The first-order valence-corrected chi connectivity index (χ1v) is 11.1. The Morgan fingerprint density at radius 2 is 1.54 bits per heavy atom. The largest absolute Gasteiger partial charge is 0.481 e. The van der Waals surface area contributed by atoms with Crippen LogP contribution in [0.4, 0.5) is 0 Å². The third-order valence-corrected chi connectivity index (χ3v) is 5.75. The fraction of sp³-hybridized carbons (Fsp3) is 0.179. The van der Waals surface area contributed by atoms with Gasteiger partial charge in [-0.25, -0.2) is 4.79 Å². The molecule has 3 N–H and O–H groups in total. The van der Waals surface area contributed by atoms with Crippen LogP contribution in [0.25, 0.3) is 22.0 Å². The Hall–Kier alpha value is -4.39. The van der Waals surface area contributed by atoms with E-state index < -0.39 is 17.7 Å². The van der Waals surface area contributed by atoms with Gasteiger partial charge in [0.05, 0.1) is 5.52 Å². The molecule has 180 valence electrons. The second kappa shape index (κ2) is 11.2. The van der Waals surface area contributed by atoms with Crippen LogP contribution < -0.4 is 10.5 Å². The van der Waals surface area contributed by atoms with Crippen molar-refractivity contribution in [3.63, 3.8) is 0 Å². The molecule has 35 heavy (non-hydrogen) atoms. The number of carbonyl (C=O) groups is 3. The molecule has 0 aliphatic heterocycles. The summed E-state index contributed by atoms with van der Waals surface area (Å²) in [5.41, 5.74) is 11.4. The molecule has 0 saturated heterocycles. The van der Waals surface area contributed by atoms with E-state index in [-0.39, 0.29) is 6.61 Å². The van der Waals surface area contributed by atoms with E-state index in [1.807, 2.05) is 18.2 Å². The highest BCUT2D eigenvalue weighted by molar-refractivity contribution is 6.34. The minimum absolute atomic E-state index is 0.348. The lowest BCUT2D eigenvalue weighted by atomic mass is 9.99. The van der Waals surface area contributed by atoms with Gasteiger partial charge in [-0.2, -0.15) is 0 Å². The monoisotopic (exact) mass is 472 g/mol. The molecule has 1 amide bonds. The smallest absolute Gasteiger partial charge is 0.341 e. The predicted molar refractivity (Wildman–Crippen MR) is 135 cm³/mol. The number of amides is 1. The van der Waals surface area contributed by atoms with E-state index in [1.165, 1.54) is 16.7 Å². The van der Waals surface area contributed by atoms with Crippen LogP contribution in [0, 0.1) is 13.8 Å². The molecule has 0 saturated carbocycles. The van der Waals surface area contributed by atoms with Gasteiger partial charge in [0.1, 0.15) is 5.75 Å². The fourth-order valence-electron chi connectivity index (χ4n) is 3.88. The van der Waals surface area contributed by atoms with Gasteiger partial charge in [-0.05, 0) is 48.2 Å². The van der Waals surface area contributed by atoms with Gasteiger partial charge in [0.15, 0.2) is 6.61 Å². The highest BCUT2D eigenvalue weighted by Gasteiger charge is 2.17. The number of hydrogen-bond donors (Lipinski definition) is 2. The van der Waals surface area contributed by atoms with Gasteiger partial charge in [0, 0.05) is 24.5 Å². The van der Waals surface area contributed by atoms with Crippen LogP contribution in [-0.4, -0.2) is 33.9 Å². The van der Waals surface area contributed by atoms with E-state index >= 15 is 0 Å². The number of carboxylic acid groups (broad SMARTS) is 1. The summed E-state index contributed by atoms with van der Waals surface area (Å²) in [5, 5.41) is 9.95. The van der Waals surface area contributed by atoms with E-state index in [2.05, 4.69) is 78.7 Å². The molecule has 0 bridgehead atoms. The van der Waals surface area contributed by atoms with Crippen LogP contribution in [0.5, 0.6) is 5.75 Å². The van der Waals surface area contributed by atoms with Crippen molar-refractivity contribution in [1.82, 2.24) is 4.57 Å². The molecular weight excluding hydrogens is 444 g/mol. The van der Waals surface area contributed by atoms with Crippen molar-refractivity contribution in [3.05, 3.63) is 89.6 Å². The number of primary amides is 1. The molecule has 0 unspecified atom stereocenters. The van der Waals surface area contributed by atoms with E-state index in [0.29, 0.717) is 5.75 Å². The van der Waals surface area contributed by atoms with Crippen LogP contribution in [0.1, 0.15) is 23.7 Å². The Bertz CT molecular complexity index is 1360. The summed E-state index contributed by atoms with van der Waals surface area (Å²) in [5.74, 6) is -1.85. The molecule has 1 aromatic heterocycles. The zero-order valence-corrected chi connectivity index (χ0v) is 19.9. The Morgan fingerprint density at radius 3 is 2.17 bits per heavy atom. The number of rotatable bonds is 7. The lowest BCUT2D eigenvalue weighted by Gasteiger charge is -2.14. The van der Waals surface area contributed by atoms with Crippen LogP contribution in [0.15, 0.2) is 72.8 Å². The highest BCUT2D eigenvalue weighted by Crippen LogP contribution is 2.34. The van der Waals surface area contributed by atoms with Crippen LogP contribution in [-0.2, 0) is 20.9 Å². The van der Waals surface area contributed by atoms with Crippen molar-refractivity contribution in [2.24, 2.45) is 5.73 Å². The number of Topliss-reactive ketones (excluding diaryl/α,β-unsaturated/α-hetero) is 1. The topological polar surface area (TPSA) is 112 Å². The van der Waals surface area contributed by atoms with Crippen molar-refractivity contribution >= 4 is 28.6 Å². The maximum Gasteiger partial charge on any atom is 0.341 e. The van der Waals surface area contributed by atoms with Crippen LogP contribution in [0.3, 0.4) is 0 Å². The number of carboxylic acids is 1. The lowest BCUT2D eigenvalue weighted by molar-refractivity contribution is -0.139. The Kier molecular flexibility index (Phi) is 8.04. The van der Waals surface area contributed by atoms with E-state index in [9.17, 15) is 14.4 Å². The Morgan fingerprint density at radius 1 is 0.914 bits per heavy atom. The molecule has 4 aromatic rings. The number of aryl methyl sites for hydroxylation is 1. The standard InChI is InChI=1S/C25H23NO3.C3H5NO2/c1-17-18(2)26(22-13-8-14-23(25(17)22)29-16-24(27)28)15-20-11-6-7-12-21(20)19-9-4-3-5-10-19;1-2(5)3(4)6/h3-14H,15-16H2,1-2H3,(H,27,28);1H3,(H2,4,6). The third-order valence-electron chi connectivity index (χ3n) is 5.75. The van der Waals surface area contributed by atoms with Gasteiger partial charge >= 0.3 is 5.97 Å². The quantitative estimate of drug-likeness (QED) is 0.385. The summed E-state index contributed by atoms with van der Waals surface area (Å²) in [6, 6.07) is 24.6. The SMILES string of the molecule is CC(=O)C(N)=O.Cc1c(C)n(Cc2ccccc2-c2ccccc2)c2cccc(OCC(=O)O)c12. The van der Waals surface area contributed by atoms with E-state index in [0.717, 1.165) is 35.6 Å². The summed E-state index contributed by atoms with van der Waals surface area (Å²) in [6.45, 7) is 5.66. The number of aromatic nitrogens is 1. The van der Waals surface area contributed by atoms with E-state index in [1.54, 1.807) is 0 Å². The number of aliphatic carboxylic acids is 1. The first-order chi connectivity index (χ1) is 16.7. The summed E-state index contributed by atoms with van der Waals surface area (Å²) in [7, 11) is 0. The second-order valence-corrected chi connectivity index (χ2v) is 8.07. The first-order valence-electron chi connectivity index (χ1n) is 11.1. The summed E-state index contributed by atoms with van der Waals surface area (Å²) in [6.07, 6.45) is 0. The second-order valence-electron chi connectivity index (χ2n) is 8.07. The maximum atomic E-state index is 10.9. The molecule has 4 rings (SSSR count). The molecule has 0 spiro atoms. The number of carbonyl (C=O) groups excluding carboxylic acids is 2. The van der Waals surface area contributed by atoms with Gasteiger partial charge in [-0.3, -0.25) is 9.59 Å². The molecular formula is C28H28N2O5.